The van der Waals surface area contributed by atoms with E-state index in [1.54, 1.807) is 12.1 Å². The second kappa shape index (κ2) is 7.56. The third-order valence-electron chi connectivity index (χ3n) is 3.32. The maximum Gasteiger partial charge on any atom is 0.271 e. The Balaban J connectivity index is 2.05. The van der Waals surface area contributed by atoms with E-state index < -0.39 is 16.7 Å². The summed E-state index contributed by atoms with van der Waals surface area (Å²) < 4.78 is 0. The molecule has 0 saturated heterocycles. The number of non-ortho nitro benzene ring substituents is 1. The van der Waals surface area contributed by atoms with Crippen LogP contribution in [0.1, 0.15) is 33.2 Å². The van der Waals surface area contributed by atoms with E-state index >= 15 is 0 Å². The third kappa shape index (κ3) is 4.08. The number of hydrogen-bond donors (Lipinski definition) is 2. The number of nitrogens with one attached hydrogen (secondary N) is 2. The second-order valence-corrected chi connectivity index (χ2v) is 5.29. The summed E-state index contributed by atoms with van der Waals surface area (Å²) >= 11 is 5.87. The van der Waals surface area contributed by atoms with Gasteiger partial charge in [0.25, 0.3) is 17.5 Å². The lowest BCUT2D eigenvalue weighted by molar-refractivity contribution is -0.384. The van der Waals surface area contributed by atoms with Gasteiger partial charge in [-0.25, -0.2) is 0 Å². The first-order valence-electron chi connectivity index (χ1n) is 7.06. The van der Waals surface area contributed by atoms with Gasteiger partial charge in [-0.3, -0.25) is 30.6 Å². The van der Waals surface area contributed by atoms with Crippen LogP contribution in [0, 0.1) is 10.1 Å². The first-order chi connectivity index (χ1) is 11.4. The molecule has 0 bridgehead atoms. The Morgan fingerprint density at radius 2 is 1.71 bits per heavy atom. The van der Waals surface area contributed by atoms with E-state index in [0.29, 0.717) is 5.56 Å². The zero-order chi connectivity index (χ0) is 17.7. The first-order valence-corrected chi connectivity index (χ1v) is 7.43. The number of hydrogen-bond acceptors (Lipinski definition) is 4. The molecule has 24 heavy (non-hydrogen) atoms. The zero-order valence-electron chi connectivity index (χ0n) is 12.7. The number of nitro benzene ring substituents is 1. The highest BCUT2D eigenvalue weighted by molar-refractivity contribution is 6.34. The number of carbonyl (C=O) groups is 2. The van der Waals surface area contributed by atoms with Crippen molar-refractivity contribution in [3.05, 3.63) is 74.3 Å². The van der Waals surface area contributed by atoms with Crippen molar-refractivity contribution in [2.45, 2.75) is 13.3 Å². The molecule has 124 valence electrons. The molecule has 0 aliphatic heterocycles. The van der Waals surface area contributed by atoms with E-state index in [4.69, 9.17) is 11.6 Å². The molecular weight excluding hydrogens is 334 g/mol. The number of hydrazine groups is 1. The highest BCUT2D eigenvalue weighted by atomic mass is 35.5. The van der Waals surface area contributed by atoms with Crippen molar-refractivity contribution in [2.75, 3.05) is 0 Å². The van der Waals surface area contributed by atoms with E-state index in [0.717, 1.165) is 18.1 Å². The SMILES string of the molecule is CCc1ccc(C(=O)NNC(=O)c2cc([N+](=O)[O-])ccc2Cl)cc1. The normalized spacial score (nSPS) is 10.1. The molecule has 0 radical (unpaired) electrons. The topological polar surface area (TPSA) is 101 Å². The maximum atomic E-state index is 12.0. The second-order valence-electron chi connectivity index (χ2n) is 4.88. The Morgan fingerprint density at radius 1 is 1.08 bits per heavy atom. The molecule has 2 rings (SSSR count). The summed E-state index contributed by atoms with van der Waals surface area (Å²) in [6, 6.07) is 10.4. The Hall–Kier alpha value is -2.93. The molecule has 2 aromatic rings. The fourth-order valence-corrected chi connectivity index (χ4v) is 2.15. The Labute approximate surface area is 142 Å². The Bertz CT molecular complexity index is 790. The molecule has 0 aliphatic rings. The van der Waals surface area contributed by atoms with E-state index in [2.05, 4.69) is 10.9 Å². The van der Waals surface area contributed by atoms with Crippen molar-refractivity contribution >= 4 is 29.1 Å². The van der Waals surface area contributed by atoms with Crippen LogP contribution in [0.4, 0.5) is 5.69 Å². The number of halogens is 1. The van der Waals surface area contributed by atoms with Crippen LogP contribution < -0.4 is 10.9 Å². The van der Waals surface area contributed by atoms with E-state index in [9.17, 15) is 19.7 Å². The predicted octanol–water partition coefficient (Wildman–Crippen LogP) is 2.89. The molecule has 0 fully saturated rings. The number of nitro groups is 1. The van der Waals surface area contributed by atoms with Gasteiger partial charge in [-0.15, -0.1) is 0 Å². The lowest BCUT2D eigenvalue weighted by atomic mass is 10.1. The molecule has 2 aromatic carbocycles. The number of rotatable bonds is 4. The summed E-state index contributed by atoms with van der Waals surface area (Å²) in [5.74, 6) is -1.25. The first kappa shape index (κ1) is 17.4. The molecule has 0 aliphatic carbocycles. The van der Waals surface area contributed by atoms with Gasteiger partial charge in [-0.05, 0) is 30.2 Å². The number of benzene rings is 2. The maximum absolute atomic E-state index is 12.0. The van der Waals surface area contributed by atoms with E-state index in [1.165, 1.54) is 12.1 Å². The fraction of sp³-hybridized carbons (Fsp3) is 0.125. The summed E-state index contributed by atoms with van der Waals surface area (Å²) in [6.07, 6.45) is 0.851. The number of nitrogens with zero attached hydrogens (tertiary/aromatic N) is 1. The third-order valence-corrected chi connectivity index (χ3v) is 3.65. The van der Waals surface area contributed by atoms with Crippen molar-refractivity contribution < 1.29 is 14.5 Å². The Kier molecular flexibility index (Phi) is 5.49. The number of amides is 2. The summed E-state index contributed by atoms with van der Waals surface area (Å²) in [5, 5.41) is 10.8. The molecule has 0 aromatic heterocycles. The van der Waals surface area contributed by atoms with Gasteiger partial charge >= 0.3 is 0 Å². The van der Waals surface area contributed by atoms with Crippen molar-refractivity contribution in [2.24, 2.45) is 0 Å². The van der Waals surface area contributed by atoms with Crippen LogP contribution >= 0.6 is 11.6 Å². The van der Waals surface area contributed by atoms with Crippen molar-refractivity contribution in [3.63, 3.8) is 0 Å². The molecule has 0 saturated carbocycles. The van der Waals surface area contributed by atoms with Gasteiger partial charge in [0, 0.05) is 17.7 Å². The number of aryl methyl sites for hydroxylation is 1. The van der Waals surface area contributed by atoms with Crippen LogP contribution in [-0.4, -0.2) is 16.7 Å². The lowest BCUT2D eigenvalue weighted by Crippen LogP contribution is -2.41. The van der Waals surface area contributed by atoms with E-state index in [1.807, 2.05) is 19.1 Å². The molecule has 0 heterocycles. The van der Waals surface area contributed by atoms with Crippen molar-refractivity contribution in [3.8, 4) is 0 Å². The predicted molar refractivity (Wildman–Crippen MR) is 88.9 cm³/mol. The summed E-state index contributed by atoms with van der Waals surface area (Å²) in [4.78, 5) is 34.1. The minimum Gasteiger partial charge on any atom is -0.267 e. The van der Waals surface area contributed by atoms with Crippen LogP contribution in [0.5, 0.6) is 0 Å². The van der Waals surface area contributed by atoms with Gasteiger partial charge in [0.05, 0.1) is 15.5 Å². The minimum atomic E-state index is -0.748. The van der Waals surface area contributed by atoms with Crippen LogP contribution in [-0.2, 0) is 6.42 Å². The van der Waals surface area contributed by atoms with Crippen LogP contribution in [0.15, 0.2) is 42.5 Å². The molecule has 0 atom stereocenters. The summed E-state index contributed by atoms with van der Waals surface area (Å²) in [5.41, 5.74) is 5.51. The molecule has 8 heteroatoms. The smallest absolute Gasteiger partial charge is 0.267 e. The molecule has 0 spiro atoms. The van der Waals surface area contributed by atoms with Gasteiger partial charge in [0.15, 0.2) is 0 Å². The average Bonchev–Trinajstić information content (AvgIpc) is 2.59. The van der Waals surface area contributed by atoms with Crippen LogP contribution in [0.25, 0.3) is 0 Å². The van der Waals surface area contributed by atoms with Crippen LogP contribution in [0.2, 0.25) is 5.02 Å². The monoisotopic (exact) mass is 347 g/mol. The average molecular weight is 348 g/mol. The number of carbonyl (C=O) groups excluding carboxylic acids is 2. The zero-order valence-corrected chi connectivity index (χ0v) is 13.5. The summed E-state index contributed by atoms with van der Waals surface area (Å²) in [7, 11) is 0. The lowest BCUT2D eigenvalue weighted by Gasteiger charge is -2.09. The largest absolute Gasteiger partial charge is 0.271 e. The molecular formula is C16H14ClN3O4. The quantitative estimate of drug-likeness (QED) is 0.655. The summed E-state index contributed by atoms with van der Waals surface area (Å²) in [6.45, 7) is 2.00. The van der Waals surface area contributed by atoms with Gasteiger partial charge in [-0.2, -0.15) is 0 Å². The standard InChI is InChI=1S/C16H14ClN3O4/c1-2-10-3-5-11(6-4-10)15(21)18-19-16(22)13-9-12(20(23)24)7-8-14(13)17/h3-9H,2H2,1H3,(H,18,21)(H,19,22). The molecule has 2 amide bonds. The highest BCUT2D eigenvalue weighted by Crippen LogP contribution is 2.21. The van der Waals surface area contributed by atoms with Gasteiger partial charge in [0.1, 0.15) is 0 Å². The minimum absolute atomic E-state index is 0.0413. The van der Waals surface area contributed by atoms with Gasteiger partial charge < -0.3 is 0 Å². The Morgan fingerprint density at radius 3 is 2.29 bits per heavy atom. The molecule has 2 N–H and O–H groups in total. The van der Waals surface area contributed by atoms with E-state index in [-0.39, 0.29) is 16.3 Å². The molecule has 0 unspecified atom stereocenters. The molecule has 7 nitrogen and oxygen atoms in total. The van der Waals surface area contributed by atoms with Gasteiger partial charge in [-0.1, -0.05) is 30.7 Å². The van der Waals surface area contributed by atoms with Crippen LogP contribution in [0.3, 0.4) is 0 Å². The van der Waals surface area contributed by atoms with Gasteiger partial charge in [0.2, 0.25) is 0 Å². The van der Waals surface area contributed by atoms with Crippen molar-refractivity contribution in [1.82, 2.24) is 10.9 Å². The highest BCUT2D eigenvalue weighted by Gasteiger charge is 2.16. The van der Waals surface area contributed by atoms with Crippen molar-refractivity contribution in [1.29, 1.82) is 0 Å². The fourth-order valence-electron chi connectivity index (χ4n) is 1.95.